The van der Waals surface area contributed by atoms with Crippen LogP contribution in [0.5, 0.6) is 0 Å². The van der Waals surface area contributed by atoms with Gasteiger partial charge in [-0.15, -0.1) is 0 Å². The van der Waals surface area contributed by atoms with E-state index in [9.17, 15) is 28.8 Å². The van der Waals surface area contributed by atoms with Crippen LogP contribution in [-0.2, 0) is 28.8 Å². The average molecular weight is 615 g/mol. The maximum Gasteiger partial charge on any atom is 0.331 e. The van der Waals surface area contributed by atoms with Gasteiger partial charge < -0.3 is 30.6 Å². The average Bonchev–Trinajstić information content (AvgIpc) is 2.90. The monoisotopic (exact) mass is 614 g/mol. The van der Waals surface area contributed by atoms with Gasteiger partial charge in [0.2, 0.25) is 0 Å². The predicted molar refractivity (Wildman–Crippen MR) is 161 cm³/mol. The highest BCUT2D eigenvalue weighted by Gasteiger charge is 2.10. The Morgan fingerprint density at radius 1 is 0.488 bits per heavy atom. The lowest BCUT2D eigenvalue weighted by Gasteiger charge is -1.98. The molecule has 0 aliphatic heterocycles. The van der Waals surface area contributed by atoms with Gasteiger partial charge >= 0.3 is 35.8 Å². The van der Waals surface area contributed by atoms with Crippen LogP contribution in [0.1, 0.15) is 122 Å². The zero-order valence-corrected chi connectivity index (χ0v) is 25.2. The van der Waals surface area contributed by atoms with Crippen molar-refractivity contribution < 1.29 is 59.4 Å². The summed E-state index contributed by atoms with van der Waals surface area (Å²) in [5.74, 6) is -5.51. The number of carbonyl (C=O) groups is 6. The second-order valence-electron chi connectivity index (χ2n) is 9.60. The fraction of sp³-hybridized carbons (Fsp3) is 0.613. The quantitative estimate of drug-likeness (QED) is 0.0503. The molecule has 0 heterocycles. The molecular weight excluding hydrogens is 564 g/mol. The molecule has 12 heteroatoms. The molecule has 0 atom stereocenters. The third kappa shape index (κ3) is 45.3. The zero-order valence-electron chi connectivity index (χ0n) is 25.2. The molecule has 0 aromatic carbocycles. The van der Waals surface area contributed by atoms with Crippen molar-refractivity contribution in [3.63, 3.8) is 0 Å². The van der Waals surface area contributed by atoms with Crippen LogP contribution >= 0.6 is 0 Å². The summed E-state index contributed by atoms with van der Waals surface area (Å²) in [5, 5.41) is 50.1. The molecule has 0 radical (unpaired) electrons. The molecule has 0 aromatic rings. The first kappa shape index (κ1) is 43.5. The lowest BCUT2D eigenvalue weighted by atomic mass is 10.1. The highest BCUT2D eigenvalue weighted by atomic mass is 16.4. The minimum atomic E-state index is -1.16. The summed E-state index contributed by atoms with van der Waals surface area (Å²) in [6.45, 7) is 1.75. The summed E-state index contributed by atoms with van der Waals surface area (Å²) in [7, 11) is 0. The molecule has 0 saturated carbocycles. The number of carboxylic acids is 6. The van der Waals surface area contributed by atoms with E-state index in [1.54, 1.807) is 19.1 Å². The van der Waals surface area contributed by atoms with Crippen LogP contribution < -0.4 is 0 Å². The summed E-state index contributed by atoms with van der Waals surface area (Å²) < 4.78 is 0. The molecule has 246 valence electrons. The van der Waals surface area contributed by atoms with E-state index < -0.39 is 42.2 Å². The van der Waals surface area contributed by atoms with Gasteiger partial charge in [-0.3, -0.25) is 14.4 Å². The number of unbranched alkanes of at least 4 members (excludes halogenated alkanes) is 12. The first-order valence-corrected chi connectivity index (χ1v) is 14.7. The fourth-order valence-corrected chi connectivity index (χ4v) is 3.50. The second-order valence-corrected chi connectivity index (χ2v) is 9.60. The van der Waals surface area contributed by atoms with Crippen LogP contribution in [-0.4, -0.2) is 66.5 Å². The molecule has 0 aromatic heterocycles. The van der Waals surface area contributed by atoms with Crippen LogP contribution in [0.25, 0.3) is 0 Å². The predicted octanol–water partition coefficient (Wildman–Crippen LogP) is 6.55. The van der Waals surface area contributed by atoms with Crippen molar-refractivity contribution in [3.05, 3.63) is 36.0 Å². The van der Waals surface area contributed by atoms with E-state index >= 15 is 0 Å². The van der Waals surface area contributed by atoms with E-state index in [4.69, 9.17) is 30.6 Å². The molecule has 0 fully saturated rings. The Kier molecular flexibility index (Phi) is 32.9. The SMILES string of the molecule is CCC=C(CC(=O)O)C(=O)O.O=C(O)/C=C/CCCCCCCCC(=O)O.O=C(O)/C=C/CCCCCCCCC(=O)O. The topological polar surface area (TPSA) is 224 Å². The highest BCUT2D eigenvalue weighted by Crippen LogP contribution is 2.10. The number of hydrogen-bond donors (Lipinski definition) is 6. The highest BCUT2D eigenvalue weighted by molar-refractivity contribution is 5.92. The molecule has 0 rings (SSSR count). The molecule has 0 aliphatic rings. The molecule has 6 N–H and O–H groups in total. The van der Waals surface area contributed by atoms with Gasteiger partial charge in [-0.1, -0.05) is 76.5 Å². The van der Waals surface area contributed by atoms with Crippen molar-refractivity contribution >= 4 is 35.8 Å². The van der Waals surface area contributed by atoms with Gasteiger partial charge in [-0.2, -0.15) is 0 Å². The summed E-state index contributed by atoms with van der Waals surface area (Å²) in [6.07, 6.45) is 21.3. The van der Waals surface area contributed by atoms with Crippen molar-refractivity contribution in [3.8, 4) is 0 Å². The first-order valence-electron chi connectivity index (χ1n) is 14.7. The molecule has 0 amide bonds. The smallest absolute Gasteiger partial charge is 0.331 e. The summed E-state index contributed by atoms with van der Waals surface area (Å²) >= 11 is 0. The van der Waals surface area contributed by atoms with Gasteiger partial charge in [0, 0.05) is 30.6 Å². The van der Waals surface area contributed by atoms with Gasteiger partial charge in [-0.25, -0.2) is 14.4 Å². The molecule has 0 unspecified atom stereocenters. The Labute approximate surface area is 253 Å². The molecule has 0 bridgehead atoms. The van der Waals surface area contributed by atoms with E-state index in [2.05, 4.69) is 0 Å². The van der Waals surface area contributed by atoms with Crippen LogP contribution in [0.4, 0.5) is 0 Å². The maximum absolute atomic E-state index is 10.3. The van der Waals surface area contributed by atoms with Crippen molar-refractivity contribution in [2.75, 3.05) is 0 Å². The van der Waals surface area contributed by atoms with Crippen molar-refractivity contribution in [1.82, 2.24) is 0 Å². The molecule has 43 heavy (non-hydrogen) atoms. The number of carboxylic acid groups (broad SMARTS) is 6. The van der Waals surface area contributed by atoms with Gasteiger partial charge in [0.05, 0.1) is 6.42 Å². The molecular formula is C31H50O12. The summed E-state index contributed by atoms with van der Waals surface area (Å²) in [6, 6.07) is 0. The fourth-order valence-electron chi connectivity index (χ4n) is 3.50. The Morgan fingerprint density at radius 2 is 0.837 bits per heavy atom. The van der Waals surface area contributed by atoms with Crippen LogP contribution in [0.2, 0.25) is 0 Å². The summed E-state index contributed by atoms with van der Waals surface area (Å²) in [5.41, 5.74) is -0.0556. The second kappa shape index (κ2) is 32.6. The van der Waals surface area contributed by atoms with Gasteiger partial charge in [0.15, 0.2) is 0 Å². The minimum absolute atomic E-state index is 0.0556. The minimum Gasteiger partial charge on any atom is -0.481 e. The Hall–Kier alpha value is -3.96. The van der Waals surface area contributed by atoms with Crippen molar-refractivity contribution in [2.45, 2.75) is 122 Å². The zero-order chi connectivity index (χ0) is 33.3. The normalized spacial score (nSPS) is 10.9. The number of aliphatic carboxylic acids is 6. The van der Waals surface area contributed by atoms with E-state index in [1.165, 1.54) is 18.2 Å². The Bertz CT molecular complexity index is 837. The third-order valence-corrected chi connectivity index (χ3v) is 5.61. The number of hydrogen-bond acceptors (Lipinski definition) is 6. The van der Waals surface area contributed by atoms with Crippen LogP contribution in [0.3, 0.4) is 0 Å². The van der Waals surface area contributed by atoms with Gasteiger partial charge in [0.25, 0.3) is 0 Å². The van der Waals surface area contributed by atoms with Crippen LogP contribution in [0, 0.1) is 0 Å². The van der Waals surface area contributed by atoms with E-state index in [1.807, 2.05) is 0 Å². The third-order valence-electron chi connectivity index (χ3n) is 5.61. The van der Waals surface area contributed by atoms with Crippen molar-refractivity contribution in [2.24, 2.45) is 0 Å². The molecule has 0 aliphatic carbocycles. The lowest BCUT2D eigenvalue weighted by molar-refractivity contribution is -0.139. The molecule has 0 saturated heterocycles. The van der Waals surface area contributed by atoms with E-state index in [0.717, 1.165) is 89.9 Å². The van der Waals surface area contributed by atoms with E-state index in [-0.39, 0.29) is 18.4 Å². The van der Waals surface area contributed by atoms with E-state index in [0.29, 0.717) is 6.42 Å². The van der Waals surface area contributed by atoms with Gasteiger partial charge in [0.1, 0.15) is 0 Å². The first-order chi connectivity index (χ1) is 20.3. The Balaban J connectivity index is -0.000000569. The molecule has 0 spiro atoms. The number of rotatable bonds is 24. The molecule has 12 nitrogen and oxygen atoms in total. The lowest BCUT2D eigenvalue weighted by Crippen LogP contribution is -2.06. The number of allylic oxidation sites excluding steroid dienone is 3. The van der Waals surface area contributed by atoms with Gasteiger partial charge in [-0.05, 0) is 44.9 Å². The Morgan fingerprint density at radius 3 is 1.12 bits per heavy atom. The van der Waals surface area contributed by atoms with Crippen LogP contribution in [0.15, 0.2) is 36.0 Å². The largest absolute Gasteiger partial charge is 0.481 e. The maximum atomic E-state index is 10.3. The summed E-state index contributed by atoms with van der Waals surface area (Å²) in [4.78, 5) is 61.0. The van der Waals surface area contributed by atoms with Crippen molar-refractivity contribution in [1.29, 1.82) is 0 Å². The standard InChI is InChI=1S/2C12H20O4.C7H10O4/c2*13-11(14)9-7-5-3-1-2-4-6-8-10-12(15)16;1-2-3-5(7(10)11)4-6(8)9/h2*7,9H,1-6,8,10H2,(H,13,14)(H,15,16);3H,2,4H2,1H3,(H,8,9)(H,10,11)/b2*9-7+;.